The molecule has 18 heavy (non-hydrogen) atoms. The van der Waals surface area contributed by atoms with Gasteiger partial charge in [0, 0.05) is 12.7 Å². The van der Waals surface area contributed by atoms with Gasteiger partial charge in [0.25, 0.3) is 0 Å². The van der Waals surface area contributed by atoms with E-state index in [0.717, 1.165) is 12.5 Å². The third kappa shape index (κ3) is 3.14. The van der Waals surface area contributed by atoms with E-state index in [4.69, 9.17) is 16.9 Å². The molecule has 0 spiro atoms. The minimum Gasteiger partial charge on any atom is -0.369 e. The summed E-state index contributed by atoms with van der Waals surface area (Å²) in [6, 6.07) is 3.70. The zero-order valence-electron chi connectivity index (χ0n) is 10.6. The predicted molar refractivity (Wildman–Crippen MR) is 73.6 cm³/mol. The highest BCUT2D eigenvalue weighted by Crippen LogP contribution is 2.29. The molecule has 1 aliphatic rings. The minimum atomic E-state index is 0.434. The third-order valence-electron chi connectivity index (χ3n) is 3.61. The molecule has 1 aromatic heterocycles. The lowest BCUT2D eigenvalue weighted by Gasteiger charge is -2.27. The summed E-state index contributed by atoms with van der Waals surface area (Å²) in [5, 5.41) is 12.6. The first-order chi connectivity index (χ1) is 8.70. The number of nitrogens with zero attached hydrogens (tertiary/aromatic N) is 2. The van der Waals surface area contributed by atoms with Crippen LogP contribution in [0.25, 0.3) is 0 Å². The molecule has 1 aliphatic carbocycles. The van der Waals surface area contributed by atoms with E-state index in [-0.39, 0.29) is 0 Å². The molecule has 4 heteroatoms. The number of hydrogen-bond donors (Lipinski definition) is 1. The summed E-state index contributed by atoms with van der Waals surface area (Å²) < 4.78 is 0. The van der Waals surface area contributed by atoms with Crippen LogP contribution in [0.4, 0.5) is 5.82 Å². The van der Waals surface area contributed by atoms with Gasteiger partial charge in [-0.3, -0.25) is 0 Å². The lowest BCUT2D eigenvalue weighted by atomic mass is 9.82. The zero-order chi connectivity index (χ0) is 13.0. The molecule has 0 amide bonds. The Balaban J connectivity index is 1.96. The van der Waals surface area contributed by atoms with Gasteiger partial charge < -0.3 is 5.32 Å². The highest BCUT2D eigenvalue weighted by molar-refractivity contribution is 6.34. The van der Waals surface area contributed by atoms with Crippen LogP contribution in [0.2, 0.25) is 5.02 Å². The Bertz CT molecular complexity index is 453. The maximum Gasteiger partial charge on any atom is 0.146 e. The lowest BCUT2D eigenvalue weighted by molar-refractivity contribution is 0.293. The number of aromatic nitrogens is 1. The van der Waals surface area contributed by atoms with Crippen molar-refractivity contribution in [1.82, 2.24) is 4.98 Å². The molecule has 1 aromatic rings. The molecule has 3 nitrogen and oxygen atoms in total. The van der Waals surface area contributed by atoms with Gasteiger partial charge in [0.2, 0.25) is 0 Å². The number of nitrogens with one attached hydrogen (secondary N) is 1. The van der Waals surface area contributed by atoms with Crippen LogP contribution in [0.15, 0.2) is 12.3 Å². The van der Waals surface area contributed by atoms with Crippen molar-refractivity contribution in [3.63, 3.8) is 0 Å². The molecule has 2 rings (SSSR count). The van der Waals surface area contributed by atoms with Gasteiger partial charge in [-0.2, -0.15) is 5.26 Å². The Morgan fingerprint density at radius 2 is 2.39 bits per heavy atom. The number of hydrogen-bond acceptors (Lipinski definition) is 3. The van der Waals surface area contributed by atoms with Gasteiger partial charge >= 0.3 is 0 Å². The van der Waals surface area contributed by atoms with Crippen LogP contribution in [-0.2, 0) is 0 Å². The van der Waals surface area contributed by atoms with Gasteiger partial charge in [-0.1, -0.05) is 31.4 Å². The minimum absolute atomic E-state index is 0.434. The van der Waals surface area contributed by atoms with E-state index >= 15 is 0 Å². The fraction of sp³-hybridized carbons (Fsp3) is 0.571. The van der Waals surface area contributed by atoms with Crippen molar-refractivity contribution in [2.24, 2.45) is 11.8 Å². The number of rotatable bonds is 3. The fourth-order valence-electron chi connectivity index (χ4n) is 2.64. The highest BCUT2D eigenvalue weighted by Gasteiger charge is 2.19. The number of halogens is 1. The maximum absolute atomic E-state index is 8.90. The first-order valence-corrected chi connectivity index (χ1v) is 6.87. The summed E-state index contributed by atoms with van der Waals surface area (Å²) in [5.74, 6) is 2.14. The van der Waals surface area contributed by atoms with Crippen molar-refractivity contribution < 1.29 is 0 Å². The smallest absolute Gasteiger partial charge is 0.146 e. The largest absolute Gasteiger partial charge is 0.369 e. The third-order valence-corrected chi connectivity index (χ3v) is 4.00. The van der Waals surface area contributed by atoms with Gasteiger partial charge in [0.15, 0.2) is 0 Å². The second-order valence-corrected chi connectivity index (χ2v) is 5.53. The molecule has 2 unspecified atom stereocenters. The molecule has 0 aromatic carbocycles. The number of anilines is 1. The molecule has 2 atom stereocenters. The van der Waals surface area contributed by atoms with E-state index in [2.05, 4.69) is 23.3 Å². The van der Waals surface area contributed by atoms with Gasteiger partial charge in [0.05, 0.1) is 5.56 Å². The molecular weight excluding hydrogens is 246 g/mol. The summed E-state index contributed by atoms with van der Waals surface area (Å²) in [6.07, 6.45) is 6.82. The average Bonchev–Trinajstić information content (AvgIpc) is 2.38. The van der Waals surface area contributed by atoms with E-state index in [0.29, 0.717) is 22.3 Å². The Morgan fingerprint density at radius 3 is 3.11 bits per heavy atom. The molecule has 0 saturated heterocycles. The lowest BCUT2D eigenvalue weighted by Crippen LogP contribution is -2.21. The van der Waals surface area contributed by atoms with Crippen molar-refractivity contribution >= 4 is 17.4 Å². The molecule has 0 aliphatic heterocycles. The van der Waals surface area contributed by atoms with Gasteiger partial charge in [-0.05, 0) is 30.7 Å². The summed E-state index contributed by atoms with van der Waals surface area (Å²) in [5.41, 5.74) is 0.478. The van der Waals surface area contributed by atoms with Crippen LogP contribution >= 0.6 is 11.6 Å². The Kier molecular flexibility index (Phi) is 4.43. The molecule has 0 radical (unpaired) electrons. The van der Waals surface area contributed by atoms with Crippen LogP contribution in [-0.4, -0.2) is 11.5 Å². The summed E-state index contributed by atoms with van der Waals surface area (Å²) >= 11 is 6.11. The van der Waals surface area contributed by atoms with Gasteiger partial charge in [-0.25, -0.2) is 4.98 Å². The maximum atomic E-state index is 8.90. The summed E-state index contributed by atoms with van der Waals surface area (Å²) in [7, 11) is 0. The molecule has 0 bridgehead atoms. The first-order valence-electron chi connectivity index (χ1n) is 6.49. The first kappa shape index (κ1) is 13.2. The van der Waals surface area contributed by atoms with E-state index < -0.39 is 0 Å². The van der Waals surface area contributed by atoms with Gasteiger partial charge in [-0.15, -0.1) is 0 Å². The van der Waals surface area contributed by atoms with Crippen LogP contribution in [0, 0.1) is 23.2 Å². The molecule has 1 heterocycles. The highest BCUT2D eigenvalue weighted by atomic mass is 35.5. The van der Waals surface area contributed by atoms with Crippen LogP contribution in [0.1, 0.15) is 38.2 Å². The normalized spacial score (nSPS) is 23.4. The van der Waals surface area contributed by atoms with E-state index in [9.17, 15) is 0 Å². The average molecular weight is 264 g/mol. The van der Waals surface area contributed by atoms with Crippen molar-refractivity contribution in [2.45, 2.75) is 32.6 Å². The topological polar surface area (TPSA) is 48.7 Å². The SMILES string of the molecule is CC1CCCC(CNc2nccc(C#N)c2Cl)C1. The zero-order valence-corrected chi connectivity index (χ0v) is 11.4. The van der Waals surface area contributed by atoms with E-state index in [1.807, 2.05) is 0 Å². The van der Waals surface area contributed by atoms with Crippen LogP contribution in [0.3, 0.4) is 0 Å². The van der Waals surface area contributed by atoms with Crippen molar-refractivity contribution in [3.05, 3.63) is 22.8 Å². The van der Waals surface area contributed by atoms with Crippen molar-refractivity contribution in [1.29, 1.82) is 5.26 Å². The summed E-state index contributed by atoms with van der Waals surface area (Å²) in [6.45, 7) is 3.21. The van der Waals surface area contributed by atoms with Gasteiger partial charge in [0.1, 0.15) is 16.9 Å². The quantitative estimate of drug-likeness (QED) is 0.901. The Hall–Kier alpha value is -1.27. The monoisotopic (exact) mass is 263 g/mol. The molecule has 1 N–H and O–H groups in total. The van der Waals surface area contributed by atoms with Crippen molar-refractivity contribution in [3.8, 4) is 6.07 Å². The van der Waals surface area contributed by atoms with E-state index in [1.54, 1.807) is 12.3 Å². The Labute approximate surface area is 113 Å². The Morgan fingerprint density at radius 1 is 1.56 bits per heavy atom. The number of nitriles is 1. The molecular formula is C14H18ClN3. The number of pyridine rings is 1. The fourth-order valence-corrected chi connectivity index (χ4v) is 2.86. The standard InChI is InChI=1S/C14H18ClN3/c1-10-3-2-4-11(7-10)9-18-14-13(15)12(8-16)5-6-17-14/h5-6,10-11H,2-4,7,9H2,1H3,(H,17,18). The van der Waals surface area contributed by atoms with E-state index in [1.165, 1.54) is 25.7 Å². The predicted octanol–water partition coefficient (Wildman–Crippen LogP) is 3.84. The summed E-state index contributed by atoms with van der Waals surface area (Å²) in [4.78, 5) is 4.20. The van der Waals surface area contributed by atoms with Crippen LogP contribution in [0.5, 0.6) is 0 Å². The molecule has 1 fully saturated rings. The molecule has 96 valence electrons. The molecule has 1 saturated carbocycles. The second kappa shape index (κ2) is 6.06. The van der Waals surface area contributed by atoms with Crippen molar-refractivity contribution in [2.75, 3.05) is 11.9 Å². The van der Waals surface area contributed by atoms with Crippen LogP contribution < -0.4 is 5.32 Å². The second-order valence-electron chi connectivity index (χ2n) is 5.15.